The SMILES string of the molecule is CCCNCc1ccc(Br)cc1Sc1ccc(Cl)cn1. The molecule has 0 bridgehead atoms. The van der Waals surface area contributed by atoms with Gasteiger partial charge in [-0.25, -0.2) is 4.98 Å². The highest BCUT2D eigenvalue weighted by atomic mass is 79.9. The second-order valence-corrected chi connectivity index (χ2v) is 6.76. The molecule has 0 saturated heterocycles. The van der Waals surface area contributed by atoms with Gasteiger partial charge in [0.1, 0.15) is 5.03 Å². The molecule has 2 aromatic rings. The normalized spacial score (nSPS) is 10.8. The first kappa shape index (κ1) is 15.8. The average molecular weight is 372 g/mol. The number of benzene rings is 1. The van der Waals surface area contributed by atoms with E-state index in [9.17, 15) is 0 Å². The van der Waals surface area contributed by atoms with Crippen LogP contribution in [0.1, 0.15) is 18.9 Å². The number of rotatable bonds is 6. The van der Waals surface area contributed by atoms with Gasteiger partial charge >= 0.3 is 0 Å². The van der Waals surface area contributed by atoms with E-state index in [4.69, 9.17) is 11.6 Å². The zero-order valence-electron chi connectivity index (χ0n) is 11.2. The Morgan fingerprint density at radius 3 is 2.85 bits per heavy atom. The van der Waals surface area contributed by atoms with Crippen LogP contribution in [0, 0.1) is 0 Å². The van der Waals surface area contributed by atoms with E-state index in [2.05, 4.69) is 51.4 Å². The lowest BCUT2D eigenvalue weighted by molar-refractivity contribution is 0.669. The molecule has 0 spiro atoms. The molecule has 2 rings (SSSR count). The number of pyridine rings is 1. The van der Waals surface area contributed by atoms with E-state index < -0.39 is 0 Å². The second-order valence-electron chi connectivity index (χ2n) is 4.35. The van der Waals surface area contributed by atoms with Crippen LogP contribution in [-0.4, -0.2) is 11.5 Å². The fourth-order valence-electron chi connectivity index (χ4n) is 1.70. The molecule has 0 atom stereocenters. The van der Waals surface area contributed by atoms with E-state index in [0.717, 1.165) is 29.0 Å². The predicted octanol–water partition coefficient (Wildman–Crippen LogP) is 5.15. The molecular formula is C15H16BrClN2S. The summed E-state index contributed by atoms with van der Waals surface area (Å²) >= 11 is 11.0. The highest BCUT2D eigenvalue weighted by Gasteiger charge is 2.06. The Hall–Kier alpha value is -0.550. The van der Waals surface area contributed by atoms with Gasteiger partial charge in [0.15, 0.2) is 0 Å². The summed E-state index contributed by atoms with van der Waals surface area (Å²) in [6, 6.07) is 10.2. The van der Waals surface area contributed by atoms with Crippen molar-refractivity contribution in [2.75, 3.05) is 6.54 Å². The molecule has 20 heavy (non-hydrogen) atoms. The lowest BCUT2D eigenvalue weighted by atomic mass is 10.2. The first-order valence-corrected chi connectivity index (χ1v) is 8.46. The molecule has 2 nitrogen and oxygen atoms in total. The molecule has 1 aromatic carbocycles. The zero-order chi connectivity index (χ0) is 14.4. The van der Waals surface area contributed by atoms with E-state index >= 15 is 0 Å². The van der Waals surface area contributed by atoms with Crippen molar-refractivity contribution in [3.8, 4) is 0 Å². The molecule has 0 fully saturated rings. The highest BCUT2D eigenvalue weighted by Crippen LogP contribution is 2.31. The minimum Gasteiger partial charge on any atom is -0.313 e. The van der Waals surface area contributed by atoms with Gasteiger partial charge in [-0.1, -0.05) is 52.3 Å². The predicted molar refractivity (Wildman–Crippen MR) is 89.5 cm³/mol. The maximum absolute atomic E-state index is 5.87. The number of nitrogens with one attached hydrogen (secondary N) is 1. The van der Waals surface area contributed by atoms with Crippen molar-refractivity contribution in [2.24, 2.45) is 0 Å². The van der Waals surface area contributed by atoms with Gasteiger partial charge in [0, 0.05) is 22.1 Å². The van der Waals surface area contributed by atoms with Gasteiger partial charge in [0.05, 0.1) is 5.02 Å². The molecule has 1 N–H and O–H groups in total. The Bertz CT molecular complexity index is 560. The van der Waals surface area contributed by atoms with Crippen LogP contribution < -0.4 is 5.32 Å². The van der Waals surface area contributed by atoms with Gasteiger partial charge in [0.2, 0.25) is 0 Å². The summed E-state index contributed by atoms with van der Waals surface area (Å²) < 4.78 is 1.08. The van der Waals surface area contributed by atoms with Crippen molar-refractivity contribution < 1.29 is 0 Å². The monoisotopic (exact) mass is 370 g/mol. The highest BCUT2D eigenvalue weighted by molar-refractivity contribution is 9.10. The zero-order valence-corrected chi connectivity index (χ0v) is 14.4. The first-order valence-electron chi connectivity index (χ1n) is 6.47. The van der Waals surface area contributed by atoms with E-state index in [-0.39, 0.29) is 0 Å². The molecule has 5 heteroatoms. The van der Waals surface area contributed by atoms with Gasteiger partial charge in [-0.3, -0.25) is 0 Å². The maximum atomic E-state index is 5.87. The Morgan fingerprint density at radius 2 is 2.15 bits per heavy atom. The minimum atomic E-state index is 0.661. The average Bonchev–Trinajstić information content (AvgIpc) is 2.44. The Morgan fingerprint density at radius 1 is 1.30 bits per heavy atom. The number of halogens is 2. The maximum Gasteiger partial charge on any atom is 0.101 e. The molecule has 0 aliphatic heterocycles. The molecule has 1 aromatic heterocycles. The fraction of sp³-hybridized carbons (Fsp3) is 0.267. The third-order valence-electron chi connectivity index (χ3n) is 2.69. The number of aromatic nitrogens is 1. The quantitative estimate of drug-likeness (QED) is 0.711. The molecule has 0 amide bonds. The molecule has 0 aliphatic rings. The molecule has 1 heterocycles. The fourth-order valence-corrected chi connectivity index (χ4v) is 3.25. The van der Waals surface area contributed by atoms with Crippen LogP contribution in [0.5, 0.6) is 0 Å². The topological polar surface area (TPSA) is 24.9 Å². The van der Waals surface area contributed by atoms with Crippen LogP contribution in [0.15, 0.2) is 50.9 Å². The second kappa shape index (κ2) is 8.03. The van der Waals surface area contributed by atoms with Crippen LogP contribution in [-0.2, 0) is 6.54 Å². The van der Waals surface area contributed by atoms with Crippen molar-refractivity contribution in [2.45, 2.75) is 29.8 Å². The number of nitrogens with zero attached hydrogens (tertiary/aromatic N) is 1. The Labute approximate surface area is 137 Å². The summed E-state index contributed by atoms with van der Waals surface area (Å²) in [6.07, 6.45) is 2.81. The molecular weight excluding hydrogens is 356 g/mol. The summed E-state index contributed by atoms with van der Waals surface area (Å²) in [5.74, 6) is 0. The van der Waals surface area contributed by atoms with Crippen LogP contribution in [0.2, 0.25) is 5.02 Å². The lowest BCUT2D eigenvalue weighted by Gasteiger charge is -2.10. The molecule has 0 radical (unpaired) electrons. The summed E-state index contributed by atoms with van der Waals surface area (Å²) in [7, 11) is 0. The van der Waals surface area contributed by atoms with Crippen LogP contribution >= 0.6 is 39.3 Å². The summed E-state index contributed by atoms with van der Waals surface area (Å²) in [5.41, 5.74) is 1.28. The van der Waals surface area contributed by atoms with E-state index in [0.29, 0.717) is 5.02 Å². The van der Waals surface area contributed by atoms with Crippen LogP contribution in [0.4, 0.5) is 0 Å². The first-order chi connectivity index (χ1) is 9.69. The summed E-state index contributed by atoms with van der Waals surface area (Å²) in [4.78, 5) is 5.54. The van der Waals surface area contributed by atoms with Gasteiger partial charge in [-0.05, 0) is 42.8 Å². The molecule has 0 unspecified atom stereocenters. The van der Waals surface area contributed by atoms with Gasteiger partial charge in [0.25, 0.3) is 0 Å². The van der Waals surface area contributed by atoms with E-state index in [1.165, 1.54) is 10.5 Å². The smallest absolute Gasteiger partial charge is 0.101 e. The van der Waals surface area contributed by atoms with Gasteiger partial charge in [-0.15, -0.1) is 0 Å². The van der Waals surface area contributed by atoms with Crippen molar-refractivity contribution in [3.63, 3.8) is 0 Å². The minimum absolute atomic E-state index is 0.661. The van der Waals surface area contributed by atoms with E-state index in [1.54, 1.807) is 18.0 Å². The van der Waals surface area contributed by atoms with Crippen molar-refractivity contribution >= 4 is 39.3 Å². The molecule has 0 saturated carbocycles. The number of hydrogen-bond acceptors (Lipinski definition) is 3. The third-order valence-corrected chi connectivity index (χ3v) is 4.45. The Kier molecular flexibility index (Phi) is 6.36. The Balaban J connectivity index is 2.15. The van der Waals surface area contributed by atoms with Crippen LogP contribution in [0.3, 0.4) is 0 Å². The van der Waals surface area contributed by atoms with Crippen LogP contribution in [0.25, 0.3) is 0 Å². The van der Waals surface area contributed by atoms with Gasteiger partial charge < -0.3 is 5.32 Å². The van der Waals surface area contributed by atoms with Crippen molar-refractivity contribution in [3.05, 3.63) is 51.6 Å². The summed E-state index contributed by atoms with van der Waals surface area (Å²) in [5, 5.41) is 5.04. The number of hydrogen-bond donors (Lipinski definition) is 1. The molecule has 106 valence electrons. The lowest BCUT2D eigenvalue weighted by Crippen LogP contribution is -2.14. The molecule has 0 aliphatic carbocycles. The van der Waals surface area contributed by atoms with Crippen molar-refractivity contribution in [1.29, 1.82) is 0 Å². The van der Waals surface area contributed by atoms with Gasteiger partial charge in [-0.2, -0.15) is 0 Å². The van der Waals surface area contributed by atoms with Crippen molar-refractivity contribution in [1.82, 2.24) is 10.3 Å². The standard InChI is InChI=1S/C15H16BrClN2S/c1-2-7-18-9-11-3-4-12(16)8-14(11)20-15-6-5-13(17)10-19-15/h3-6,8,10,18H,2,7,9H2,1H3. The largest absolute Gasteiger partial charge is 0.313 e. The third kappa shape index (κ3) is 4.77. The van der Waals surface area contributed by atoms with E-state index in [1.807, 2.05) is 12.1 Å². The summed E-state index contributed by atoms with van der Waals surface area (Å²) in [6.45, 7) is 4.07.